The standard InChI is InChI=1S/C6H8O7.Fe.Li.H3O4P/c7-3(8)1-6(13,5(11)12)2-4(9)10;;;1-5(2,3)4/h13H,1-2H2,(H,7,8)(H,9,10)(H,11,12);;;(H3,1,2,3,4)/q;+2;+1;/p-3. The van der Waals surface area contributed by atoms with Gasteiger partial charge in [-0.1, -0.05) is 0 Å². The molecule has 0 spiro atoms. The van der Waals surface area contributed by atoms with Crippen molar-refractivity contribution in [2.24, 2.45) is 0 Å². The number of aliphatic hydroxyl groups is 1. The van der Waals surface area contributed by atoms with Crippen LogP contribution in [-0.2, 0) is 36.0 Å². The number of rotatable bonds is 5. The second-order valence-electron chi connectivity index (χ2n) is 2.92. The summed E-state index contributed by atoms with van der Waals surface area (Å²) < 4.78 is 8.55. The smallest absolute Gasteiger partial charge is 0.822 e. The van der Waals surface area contributed by atoms with E-state index in [2.05, 4.69) is 0 Å². The molecular weight excluding hydrogens is 342 g/mol. The fourth-order valence-electron chi connectivity index (χ4n) is 0.714. The molecule has 20 heavy (non-hydrogen) atoms. The molecule has 0 aliphatic heterocycles. The molecule has 0 radical (unpaired) electrons. The van der Waals surface area contributed by atoms with Crippen LogP contribution in [0, 0.1) is 0 Å². The fourth-order valence-corrected chi connectivity index (χ4v) is 0.714. The van der Waals surface area contributed by atoms with Gasteiger partial charge in [0.15, 0.2) is 5.60 Å². The minimum atomic E-state index is -5.39. The van der Waals surface area contributed by atoms with Gasteiger partial charge in [-0.05, 0) is 0 Å². The molecule has 0 unspecified atom stereocenters. The van der Waals surface area contributed by atoms with Gasteiger partial charge < -0.3 is 39.7 Å². The normalized spacial score (nSPS) is 10.0. The Bertz CT molecular complexity index is 355. The number of carbonyl (C=O) groups is 3. The molecule has 0 aliphatic rings. The van der Waals surface area contributed by atoms with Crippen molar-refractivity contribution in [2.45, 2.75) is 18.4 Å². The number of carboxylic acids is 3. The third-order valence-electron chi connectivity index (χ3n) is 1.29. The van der Waals surface area contributed by atoms with E-state index >= 15 is 0 Å². The van der Waals surface area contributed by atoms with Crippen LogP contribution in [0.4, 0.5) is 0 Å². The minimum absolute atomic E-state index is 0. The van der Waals surface area contributed by atoms with Crippen molar-refractivity contribution in [3.05, 3.63) is 0 Å². The summed E-state index contributed by atoms with van der Waals surface area (Å²) in [6.07, 6.45) is -2.29. The van der Waals surface area contributed by atoms with Gasteiger partial charge in [0.25, 0.3) is 0 Å². The molecular formula is C6H8FeLiO11P. The quantitative estimate of drug-likeness (QED) is 0.269. The van der Waals surface area contributed by atoms with E-state index in [1.165, 1.54) is 0 Å². The second kappa shape index (κ2) is 11.3. The van der Waals surface area contributed by atoms with Crippen LogP contribution < -0.4 is 33.5 Å². The average Bonchev–Trinajstić information content (AvgIpc) is 1.95. The van der Waals surface area contributed by atoms with E-state index in [4.69, 9.17) is 39.7 Å². The maximum absolute atomic E-state index is 10.3. The molecule has 0 aromatic heterocycles. The molecule has 4 N–H and O–H groups in total. The van der Waals surface area contributed by atoms with Crippen LogP contribution in [0.3, 0.4) is 0 Å². The van der Waals surface area contributed by atoms with Crippen LogP contribution in [0.5, 0.6) is 0 Å². The van der Waals surface area contributed by atoms with Gasteiger partial charge in [0.2, 0.25) is 0 Å². The molecule has 0 saturated heterocycles. The van der Waals surface area contributed by atoms with E-state index < -0.39 is 44.2 Å². The van der Waals surface area contributed by atoms with E-state index in [0.29, 0.717) is 0 Å². The largest absolute Gasteiger partial charge is 2.00 e. The minimum Gasteiger partial charge on any atom is -0.822 e. The third kappa shape index (κ3) is 19.9. The Kier molecular flexibility index (Phi) is 15.7. The Morgan fingerprint density at radius 1 is 0.950 bits per heavy atom. The van der Waals surface area contributed by atoms with Gasteiger partial charge in [-0.2, -0.15) is 7.82 Å². The summed E-state index contributed by atoms with van der Waals surface area (Å²) in [7, 11) is -5.39. The van der Waals surface area contributed by atoms with Crippen molar-refractivity contribution in [1.29, 1.82) is 0 Å². The van der Waals surface area contributed by atoms with Crippen LogP contribution in [0.1, 0.15) is 12.8 Å². The van der Waals surface area contributed by atoms with E-state index in [1.807, 2.05) is 0 Å². The molecule has 0 bridgehead atoms. The Labute approximate surface area is 134 Å². The van der Waals surface area contributed by atoms with Crippen molar-refractivity contribution in [2.75, 3.05) is 0 Å². The van der Waals surface area contributed by atoms with E-state index in [1.54, 1.807) is 0 Å². The zero-order valence-electron chi connectivity index (χ0n) is 9.86. The molecule has 0 amide bonds. The average molecular weight is 350 g/mol. The number of phosphoric acid groups is 1. The predicted molar refractivity (Wildman–Crippen MR) is 44.7 cm³/mol. The molecule has 0 aliphatic carbocycles. The number of hydrogen-bond acceptors (Lipinski definition) is 8. The summed E-state index contributed by atoms with van der Waals surface area (Å²) in [4.78, 5) is 56.1. The molecule has 0 rings (SSSR count). The number of hydrogen-bond donors (Lipinski definition) is 4. The first kappa shape index (κ1) is 27.9. The van der Waals surface area contributed by atoms with Gasteiger partial charge in [0, 0.05) is 0 Å². The van der Waals surface area contributed by atoms with Gasteiger partial charge in [0.1, 0.15) is 0 Å². The van der Waals surface area contributed by atoms with Crippen LogP contribution in [0.15, 0.2) is 0 Å². The summed E-state index contributed by atoms with van der Waals surface area (Å²) in [6.45, 7) is 0. The predicted octanol–water partition coefficient (Wildman–Crippen LogP) is -7.07. The summed E-state index contributed by atoms with van der Waals surface area (Å²) in [5.74, 6) is -5.02. The van der Waals surface area contributed by atoms with Crippen LogP contribution in [-0.4, -0.2) is 43.9 Å². The molecule has 0 aromatic rings. The van der Waals surface area contributed by atoms with Crippen molar-refractivity contribution in [1.82, 2.24) is 0 Å². The van der Waals surface area contributed by atoms with Crippen LogP contribution >= 0.6 is 7.82 Å². The molecule has 11 nitrogen and oxygen atoms in total. The first-order valence-corrected chi connectivity index (χ1v) is 5.36. The molecule has 0 aromatic carbocycles. The van der Waals surface area contributed by atoms with Gasteiger partial charge in [-0.3, -0.25) is 9.59 Å². The van der Waals surface area contributed by atoms with Crippen LogP contribution in [0.25, 0.3) is 0 Å². The van der Waals surface area contributed by atoms with Crippen molar-refractivity contribution in [3.63, 3.8) is 0 Å². The van der Waals surface area contributed by atoms with Crippen molar-refractivity contribution >= 4 is 25.7 Å². The first-order chi connectivity index (χ1) is 7.78. The van der Waals surface area contributed by atoms with Gasteiger partial charge in [0.05, 0.1) is 12.8 Å². The second-order valence-corrected chi connectivity index (χ2v) is 3.82. The zero-order chi connectivity index (χ0) is 15.1. The van der Waals surface area contributed by atoms with Gasteiger partial charge >= 0.3 is 53.8 Å². The van der Waals surface area contributed by atoms with E-state index in [0.717, 1.165) is 0 Å². The van der Waals surface area contributed by atoms with Gasteiger partial charge in [-0.15, -0.1) is 0 Å². The molecule has 0 fully saturated rings. The Morgan fingerprint density at radius 3 is 1.25 bits per heavy atom. The summed E-state index contributed by atoms with van der Waals surface area (Å²) in [5.41, 5.74) is -2.74. The Morgan fingerprint density at radius 2 is 1.15 bits per heavy atom. The maximum Gasteiger partial charge on any atom is 2.00 e. The third-order valence-corrected chi connectivity index (χ3v) is 1.29. The number of aliphatic carboxylic acids is 3. The van der Waals surface area contributed by atoms with Crippen LogP contribution in [0.2, 0.25) is 0 Å². The Balaban J connectivity index is -0.000000158. The summed E-state index contributed by atoms with van der Waals surface area (Å²) >= 11 is 0. The molecule has 0 atom stereocenters. The van der Waals surface area contributed by atoms with Crippen molar-refractivity contribution in [3.8, 4) is 0 Å². The zero-order valence-corrected chi connectivity index (χ0v) is 11.9. The SMILES string of the molecule is O=C(O)CC(O)(CC(=O)O)C(=O)O.O=P([O-])([O-])[O-].[Fe+2].[Li+]. The summed E-state index contributed by atoms with van der Waals surface area (Å²) in [5, 5.41) is 33.8. The Hall–Kier alpha value is -0.403. The molecule has 14 heteroatoms. The molecule has 0 saturated carbocycles. The topological polar surface area (TPSA) is 218 Å². The summed E-state index contributed by atoms with van der Waals surface area (Å²) in [6, 6.07) is 0. The van der Waals surface area contributed by atoms with Crippen molar-refractivity contribution < 1.29 is 90.0 Å². The monoisotopic (exact) mass is 350 g/mol. The van der Waals surface area contributed by atoms with Gasteiger partial charge in [-0.25, -0.2) is 4.79 Å². The maximum atomic E-state index is 10.3. The molecule has 0 heterocycles. The number of carboxylic acid groups (broad SMARTS) is 3. The van der Waals surface area contributed by atoms with E-state index in [9.17, 15) is 14.4 Å². The fraction of sp³-hybridized carbons (Fsp3) is 0.500. The first-order valence-electron chi connectivity index (χ1n) is 3.90. The van der Waals surface area contributed by atoms with E-state index in [-0.39, 0.29) is 35.9 Å². The molecule has 112 valence electrons.